The lowest BCUT2D eigenvalue weighted by Gasteiger charge is -2.42. The summed E-state index contributed by atoms with van der Waals surface area (Å²) >= 11 is 2.10. The first-order valence-corrected chi connectivity index (χ1v) is 8.24. The zero-order valence-electron chi connectivity index (χ0n) is 12.4. The van der Waals surface area contributed by atoms with Crippen LogP contribution in [0.4, 0.5) is 0 Å². The standard InChI is InChI=1S/C16H26N2S/c1-4-17-12-15(14-8-6-5-7-9-14)18-10-11-19-16(2,3)13-18/h5-9,15,17H,4,10-13H2,1-3H3. The Kier molecular flexibility index (Phi) is 5.31. The minimum Gasteiger partial charge on any atom is -0.315 e. The first kappa shape index (κ1) is 14.9. The topological polar surface area (TPSA) is 15.3 Å². The number of hydrogen-bond donors (Lipinski definition) is 1. The van der Waals surface area contributed by atoms with E-state index in [1.54, 1.807) is 0 Å². The number of likely N-dealkylation sites (N-methyl/N-ethyl adjacent to an activating group) is 1. The maximum Gasteiger partial charge on any atom is 0.0473 e. The fourth-order valence-corrected chi connectivity index (χ4v) is 3.87. The summed E-state index contributed by atoms with van der Waals surface area (Å²) in [6.45, 7) is 11.3. The highest BCUT2D eigenvalue weighted by atomic mass is 32.2. The molecule has 2 nitrogen and oxygen atoms in total. The van der Waals surface area contributed by atoms with Crippen LogP contribution in [0.1, 0.15) is 32.4 Å². The summed E-state index contributed by atoms with van der Waals surface area (Å²) in [6, 6.07) is 11.4. The van der Waals surface area contributed by atoms with Crippen molar-refractivity contribution in [1.29, 1.82) is 0 Å². The summed E-state index contributed by atoms with van der Waals surface area (Å²) in [7, 11) is 0. The van der Waals surface area contributed by atoms with Gasteiger partial charge in [0.1, 0.15) is 0 Å². The van der Waals surface area contributed by atoms with Crippen LogP contribution in [0.5, 0.6) is 0 Å². The van der Waals surface area contributed by atoms with Gasteiger partial charge in [-0.25, -0.2) is 0 Å². The molecule has 1 heterocycles. The Labute approximate surface area is 122 Å². The molecule has 1 aliphatic heterocycles. The lowest BCUT2D eigenvalue weighted by atomic mass is 10.0. The van der Waals surface area contributed by atoms with Crippen molar-refractivity contribution < 1.29 is 0 Å². The number of nitrogens with one attached hydrogen (secondary N) is 1. The van der Waals surface area contributed by atoms with E-state index in [-0.39, 0.29) is 0 Å². The molecule has 0 radical (unpaired) electrons. The fraction of sp³-hybridized carbons (Fsp3) is 0.625. The number of thioether (sulfide) groups is 1. The predicted molar refractivity (Wildman–Crippen MR) is 85.8 cm³/mol. The van der Waals surface area contributed by atoms with Gasteiger partial charge in [0, 0.05) is 36.2 Å². The van der Waals surface area contributed by atoms with Gasteiger partial charge in [-0.1, -0.05) is 37.3 Å². The maximum atomic E-state index is 3.52. The van der Waals surface area contributed by atoms with Gasteiger partial charge in [0.25, 0.3) is 0 Å². The van der Waals surface area contributed by atoms with Crippen molar-refractivity contribution in [2.45, 2.75) is 31.6 Å². The van der Waals surface area contributed by atoms with E-state index in [4.69, 9.17) is 0 Å². The molecular weight excluding hydrogens is 252 g/mol. The lowest BCUT2D eigenvalue weighted by Crippen LogP contribution is -2.47. The molecule has 0 bridgehead atoms. The van der Waals surface area contributed by atoms with E-state index in [0.29, 0.717) is 10.8 Å². The minimum absolute atomic E-state index is 0.373. The Balaban J connectivity index is 2.13. The molecule has 1 saturated heterocycles. The van der Waals surface area contributed by atoms with Crippen molar-refractivity contribution in [1.82, 2.24) is 10.2 Å². The largest absolute Gasteiger partial charge is 0.315 e. The third kappa shape index (κ3) is 4.23. The zero-order valence-corrected chi connectivity index (χ0v) is 13.2. The predicted octanol–water partition coefficient (Wildman–Crippen LogP) is 3.16. The smallest absolute Gasteiger partial charge is 0.0473 e. The van der Waals surface area contributed by atoms with Crippen LogP contribution in [0.2, 0.25) is 0 Å². The van der Waals surface area contributed by atoms with Crippen LogP contribution in [0.3, 0.4) is 0 Å². The first-order valence-electron chi connectivity index (χ1n) is 7.26. The molecule has 1 N–H and O–H groups in total. The molecule has 0 aromatic heterocycles. The average molecular weight is 278 g/mol. The summed E-state index contributed by atoms with van der Waals surface area (Å²) < 4.78 is 0.373. The SMILES string of the molecule is CCNCC(c1ccccc1)N1CCSC(C)(C)C1. The number of hydrogen-bond acceptors (Lipinski definition) is 3. The molecule has 1 atom stereocenters. The molecule has 2 rings (SSSR count). The van der Waals surface area contributed by atoms with E-state index in [1.807, 2.05) is 0 Å². The Morgan fingerprint density at radius 3 is 2.68 bits per heavy atom. The molecule has 3 heteroatoms. The van der Waals surface area contributed by atoms with Crippen LogP contribution in [-0.2, 0) is 0 Å². The summed E-state index contributed by atoms with van der Waals surface area (Å²) in [6.07, 6.45) is 0. The van der Waals surface area contributed by atoms with Gasteiger partial charge < -0.3 is 5.32 Å². The molecule has 0 amide bonds. The van der Waals surface area contributed by atoms with Crippen molar-refractivity contribution >= 4 is 11.8 Å². The third-order valence-corrected chi connectivity index (χ3v) is 4.97. The second-order valence-electron chi connectivity index (χ2n) is 5.81. The normalized spacial score (nSPS) is 21.2. The molecule has 1 unspecified atom stereocenters. The number of benzene rings is 1. The fourth-order valence-electron chi connectivity index (χ4n) is 2.73. The first-order chi connectivity index (χ1) is 9.12. The monoisotopic (exact) mass is 278 g/mol. The minimum atomic E-state index is 0.373. The molecule has 19 heavy (non-hydrogen) atoms. The summed E-state index contributed by atoms with van der Waals surface area (Å²) in [4.78, 5) is 2.65. The highest BCUT2D eigenvalue weighted by Crippen LogP contribution is 2.33. The van der Waals surface area contributed by atoms with Crippen molar-refractivity contribution in [3.63, 3.8) is 0 Å². The van der Waals surface area contributed by atoms with Crippen LogP contribution in [0.15, 0.2) is 30.3 Å². The van der Waals surface area contributed by atoms with Crippen molar-refractivity contribution in [2.24, 2.45) is 0 Å². The molecule has 1 fully saturated rings. The quantitative estimate of drug-likeness (QED) is 0.890. The molecule has 1 aromatic carbocycles. The van der Waals surface area contributed by atoms with Gasteiger partial charge in [-0.15, -0.1) is 0 Å². The van der Waals surface area contributed by atoms with Crippen LogP contribution < -0.4 is 5.32 Å². The van der Waals surface area contributed by atoms with E-state index in [1.165, 1.54) is 24.4 Å². The Bertz CT molecular complexity index is 378. The molecule has 1 aromatic rings. The van der Waals surface area contributed by atoms with Gasteiger partial charge in [0.2, 0.25) is 0 Å². The molecule has 1 aliphatic rings. The van der Waals surface area contributed by atoms with Gasteiger partial charge in [-0.05, 0) is 26.0 Å². The van der Waals surface area contributed by atoms with Gasteiger partial charge in [-0.2, -0.15) is 11.8 Å². The second-order valence-corrected chi connectivity index (χ2v) is 7.61. The second kappa shape index (κ2) is 6.78. The molecule has 0 saturated carbocycles. The van der Waals surface area contributed by atoms with Gasteiger partial charge >= 0.3 is 0 Å². The van der Waals surface area contributed by atoms with E-state index >= 15 is 0 Å². The average Bonchev–Trinajstić information content (AvgIpc) is 2.39. The zero-order chi connectivity index (χ0) is 13.7. The van der Waals surface area contributed by atoms with Crippen molar-refractivity contribution in [3.05, 3.63) is 35.9 Å². The van der Waals surface area contributed by atoms with Gasteiger partial charge in [-0.3, -0.25) is 4.90 Å². The van der Waals surface area contributed by atoms with Gasteiger partial charge in [0.15, 0.2) is 0 Å². The van der Waals surface area contributed by atoms with Crippen LogP contribution in [0.25, 0.3) is 0 Å². The van der Waals surface area contributed by atoms with E-state index in [0.717, 1.165) is 13.1 Å². The van der Waals surface area contributed by atoms with Crippen LogP contribution in [-0.4, -0.2) is 41.6 Å². The highest BCUT2D eigenvalue weighted by molar-refractivity contribution is 8.00. The highest BCUT2D eigenvalue weighted by Gasteiger charge is 2.31. The number of rotatable bonds is 5. The van der Waals surface area contributed by atoms with Crippen molar-refractivity contribution in [3.8, 4) is 0 Å². The number of nitrogens with zero attached hydrogens (tertiary/aromatic N) is 1. The molecule has 0 spiro atoms. The maximum absolute atomic E-state index is 3.52. The van der Waals surface area contributed by atoms with E-state index in [2.05, 4.69) is 73.1 Å². The van der Waals surface area contributed by atoms with Crippen LogP contribution >= 0.6 is 11.8 Å². The Morgan fingerprint density at radius 2 is 2.05 bits per heavy atom. The van der Waals surface area contributed by atoms with Crippen LogP contribution in [0, 0.1) is 0 Å². The Hall–Kier alpha value is -0.510. The summed E-state index contributed by atoms with van der Waals surface area (Å²) in [5, 5.41) is 3.52. The molecular formula is C16H26N2S. The lowest BCUT2D eigenvalue weighted by molar-refractivity contribution is 0.184. The summed E-state index contributed by atoms with van der Waals surface area (Å²) in [5.41, 5.74) is 1.44. The molecule has 106 valence electrons. The van der Waals surface area contributed by atoms with E-state index in [9.17, 15) is 0 Å². The summed E-state index contributed by atoms with van der Waals surface area (Å²) in [5.74, 6) is 1.24. The molecule has 0 aliphatic carbocycles. The van der Waals surface area contributed by atoms with Gasteiger partial charge in [0.05, 0.1) is 0 Å². The van der Waals surface area contributed by atoms with Crippen molar-refractivity contribution in [2.75, 3.05) is 31.9 Å². The third-order valence-electron chi connectivity index (χ3n) is 3.67. The van der Waals surface area contributed by atoms with E-state index < -0.39 is 0 Å². The Morgan fingerprint density at radius 1 is 1.32 bits per heavy atom.